The molecule has 1 saturated carbocycles. The van der Waals surface area contributed by atoms with Gasteiger partial charge in [0, 0.05) is 22.6 Å². The molecular formula is C16H14BrF2NO. The second-order valence-corrected chi connectivity index (χ2v) is 5.98. The zero-order valence-electron chi connectivity index (χ0n) is 11.2. The minimum Gasteiger partial charge on any atom is -0.454 e. The molecule has 2 aromatic rings. The van der Waals surface area contributed by atoms with E-state index in [1.807, 2.05) is 12.1 Å². The summed E-state index contributed by atoms with van der Waals surface area (Å²) in [6.45, 7) is 0.643. The van der Waals surface area contributed by atoms with E-state index in [-0.39, 0.29) is 5.75 Å². The lowest BCUT2D eigenvalue weighted by Crippen LogP contribution is -2.15. The average Bonchev–Trinajstić information content (AvgIpc) is 3.27. The van der Waals surface area contributed by atoms with Crippen molar-refractivity contribution in [3.8, 4) is 11.5 Å². The van der Waals surface area contributed by atoms with Crippen molar-refractivity contribution in [3.63, 3.8) is 0 Å². The average molecular weight is 354 g/mol. The SMILES string of the molecule is Fc1cccc(Oc2cc(Br)ccc2CNC2CC2)c1F. The summed E-state index contributed by atoms with van der Waals surface area (Å²) in [6.07, 6.45) is 2.37. The Morgan fingerprint density at radius 3 is 2.71 bits per heavy atom. The van der Waals surface area contributed by atoms with Crippen LogP contribution in [0.2, 0.25) is 0 Å². The normalized spacial score (nSPS) is 14.2. The lowest BCUT2D eigenvalue weighted by atomic mass is 10.2. The van der Waals surface area contributed by atoms with Gasteiger partial charge in [-0.25, -0.2) is 4.39 Å². The van der Waals surface area contributed by atoms with Crippen molar-refractivity contribution in [1.29, 1.82) is 0 Å². The van der Waals surface area contributed by atoms with Crippen molar-refractivity contribution in [3.05, 3.63) is 58.1 Å². The topological polar surface area (TPSA) is 21.3 Å². The highest BCUT2D eigenvalue weighted by atomic mass is 79.9. The molecule has 0 radical (unpaired) electrons. The van der Waals surface area contributed by atoms with Crippen LogP contribution in [0.25, 0.3) is 0 Å². The summed E-state index contributed by atoms with van der Waals surface area (Å²) in [5.41, 5.74) is 0.911. The Kier molecular flexibility index (Phi) is 4.22. The van der Waals surface area contributed by atoms with E-state index in [4.69, 9.17) is 4.74 Å². The van der Waals surface area contributed by atoms with Crippen LogP contribution in [0.4, 0.5) is 8.78 Å². The molecule has 0 amide bonds. The van der Waals surface area contributed by atoms with Gasteiger partial charge in [0.1, 0.15) is 5.75 Å². The van der Waals surface area contributed by atoms with Crippen LogP contribution in [0.3, 0.4) is 0 Å². The third-order valence-electron chi connectivity index (χ3n) is 3.32. The second kappa shape index (κ2) is 6.12. The van der Waals surface area contributed by atoms with E-state index >= 15 is 0 Å². The van der Waals surface area contributed by atoms with Crippen LogP contribution in [0.15, 0.2) is 40.9 Å². The van der Waals surface area contributed by atoms with Gasteiger partial charge in [-0.3, -0.25) is 0 Å². The summed E-state index contributed by atoms with van der Waals surface area (Å²) in [5.74, 6) is -1.48. The molecule has 2 aromatic carbocycles. The lowest BCUT2D eigenvalue weighted by Gasteiger charge is -2.13. The molecular weight excluding hydrogens is 340 g/mol. The Bertz CT molecular complexity index is 659. The van der Waals surface area contributed by atoms with Crippen molar-refractivity contribution in [1.82, 2.24) is 5.32 Å². The molecule has 0 aliphatic heterocycles. The smallest absolute Gasteiger partial charge is 0.201 e. The molecule has 1 aliphatic rings. The quantitative estimate of drug-likeness (QED) is 0.835. The molecule has 3 rings (SSSR count). The van der Waals surface area contributed by atoms with Crippen LogP contribution in [0.1, 0.15) is 18.4 Å². The van der Waals surface area contributed by atoms with Gasteiger partial charge in [-0.1, -0.05) is 28.1 Å². The number of halogens is 3. The summed E-state index contributed by atoms with van der Waals surface area (Å²) < 4.78 is 33.4. The minimum absolute atomic E-state index is 0.110. The fourth-order valence-electron chi connectivity index (χ4n) is 1.99. The Hall–Kier alpha value is -1.46. The maximum absolute atomic E-state index is 13.7. The predicted octanol–water partition coefficient (Wildman–Crippen LogP) is 4.77. The van der Waals surface area contributed by atoms with Crippen molar-refractivity contribution >= 4 is 15.9 Å². The van der Waals surface area contributed by atoms with Gasteiger partial charge in [-0.15, -0.1) is 0 Å². The Morgan fingerprint density at radius 2 is 1.95 bits per heavy atom. The molecule has 110 valence electrons. The highest BCUT2D eigenvalue weighted by Crippen LogP contribution is 2.31. The van der Waals surface area contributed by atoms with Crippen molar-refractivity contribution in [2.75, 3.05) is 0 Å². The van der Waals surface area contributed by atoms with Gasteiger partial charge in [0.25, 0.3) is 0 Å². The van der Waals surface area contributed by atoms with Gasteiger partial charge in [-0.05, 0) is 37.1 Å². The van der Waals surface area contributed by atoms with Gasteiger partial charge < -0.3 is 10.1 Å². The number of hydrogen-bond donors (Lipinski definition) is 1. The molecule has 0 saturated heterocycles. The first-order valence-electron chi connectivity index (χ1n) is 6.77. The van der Waals surface area contributed by atoms with E-state index < -0.39 is 11.6 Å². The van der Waals surface area contributed by atoms with Crippen LogP contribution in [0.5, 0.6) is 11.5 Å². The van der Waals surface area contributed by atoms with Gasteiger partial charge in [0.2, 0.25) is 5.82 Å². The molecule has 0 aromatic heterocycles. The Morgan fingerprint density at radius 1 is 1.14 bits per heavy atom. The van der Waals surface area contributed by atoms with E-state index in [9.17, 15) is 8.78 Å². The van der Waals surface area contributed by atoms with Crippen LogP contribution in [-0.2, 0) is 6.54 Å². The molecule has 5 heteroatoms. The van der Waals surface area contributed by atoms with Gasteiger partial charge in [0.05, 0.1) is 0 Å². The first-order chi connectivity index (χ1) is 10.1. The maximum atomic E-state index is 13.7. The number of benzene rings is 2. The third-order valence-corrected chi connectivity index (χ3v) is 3.82. The molecule has 0 atom stereocenters. The van der Waals surface area contributed by atoms with Crippen LogP contribution < -0.4 is 10.1 Å². The summed E-state index contributed by atoms with van der Waals surface area (Å²) in [6, 6.07) is 10.0. The summed E-state index contributed by atoms with van der Waals surface area (Å²) in [4.78, 5) is 0. The number of nitrogens with one attached hydrogen (secondary N) is 1. The molecule has 1 fully saturated rings. The number of ether oxygens (including phenoxy) is 1. The van der Waals surface area contributed by atoms with Gasteiger partial charge in [-0.2, -0.15) is 4.39 Å². The molecule has 21 heavy (non-hydrogen) atoms. The molecule has 1 N–H and O–H groups in total. The summed E-state index contributed by atoms with van der Waals surface area (Å²) in [5, 5.41) is 3.38. The van der Waals surface area contributed by atoms with E-state index in [0.717, 1.165) is 16.1 Å². The monoisotopic (exact) mass is 353 g/mol. The largest absolute Gasteiger partial charge is 0.454 e. The molecule has 0 heterocycles. The Labute approximate surface area is 130 Å². The summed E-state index contributed by atoms with van der Waals surface area (Å²) >= 11 is 3.37. The van der Waals surface area contributed by atoms with Crippen molar-refractivity contribution in [2.24, 2.45) is 0 Å². The number of hydrogen-bond acceptors (Lipinski definition) is 2. The predicted molar refractivity (Wildman–Crippen MR) is 80.4 cm³/mol. The van der Waals surface area contributed by atoms with Gasteiger partial charge >= 0.3 is 0 Å². The van der Waals surface area contributed by atoms with Crippen molar-refractivity contribution < 1.29 is 13.5 Å². The van der Waals surface area contributed by atoms with E-state index in [1.54, 1.807) is 6.07 Å². The van der Waals surface area contributed by atoms with E-state index in [2.05, 4.69) is 21.2 Å². The first kappa shape index (κ1) is 14.5. The highest BCUT2D eigenvalue weighted by molar-refractivity contribution is 9.10. The molecule has 1 aliphatic carbocycles. The molecule has 0 bridgehead atoms. The third kappa shape index (κ3) is 3.60. The fraction of sp³-hybridized carbons (Fsp3) is 0.250. The number of rotatable bonds is 5. The zero-order valence-corrected chi connectivity index (χ0v) is 12.8. The van der Waals surface area contributed by atoms with Crippen LogP contribution in [0, 0.1) is 11.6 Å². The van der Waals surface area contributed by atoms with Crippen LogP contribution >= 0.6 is 15.9 Å². The first-order valence-corrected chi connectivity index (χ1v) is 7.56. The highest BCUT2D eigenvalue weighted by Gasteiger charge is 2.21. The van der Waals surface area contributed by atoms with Crippen LogP contribution in [-0.4, -0.2) is 6.04 Å². The molecule has 2 nitrogen and oxygen atoms in total. The molecule has 0 spiro atoms. The van der Waals surface area contributed by atoms with Gasteiger partial charge in [0.15, 0.2) is 11.6 Å². The fourth-order valence-corrected chi connectivity index (χ4v) is 2.33. The summed E-state index contributed by atoms with van der Waals surface area (Å²) in [7, 11) is 0. The minimum atomic E-state index is -0.974. The lowest BCUT2D eigenvalue weighted by molar-refractivity contribution is 0.411. The second-order valence-electron chi connectivity index (χ2n) is 5.06. The van der Waals surface area contributed by atoms with E-state index in [1.165, 1.54) is 25.0 Å². The van der Waals surface area contributed by atoms with Crippen molar-refractivity contribution in [2.45, 2.75) is 25.4 Å². The standard InChI is InChI=1S/C16H14BrF2NO/c17-11-5-4-10(9-20-12-6-7-12)15(8-11)21-14-3-1-2-13(18)16(14)19/h1-5,8,12,20H,6-7,9H2. The van der Waals surface area contributed by atoms with E-state index in [0.29, 0.717) is 18.3 Å². The zero-order chi connectivity index (χ0) is 14.8. The maximum Gasteiger partial charge on any atom is 0.201 e. The Balaban J connectivity index is 1.85. The molecule has 0 unspecified atom stereocenters.